The lowest BCUT2D eigenvalue weighted by atomic mass is 9.77. The van der Waals surface area contributed by atoms with Crippen molar-refractivity contribution >= 4 is 0 Å². The van der Waals surface area contributed by atoms with E-state index in [9.17, 15) is 4.39 Å². The van der Waals surface area contributed by atoms with Gasteiger partial charge in [-0.05, 0) is 25.0 Å². The molecule has 0 unspecified atom stereocenters. The SMILES string of the molecule is COc1cc(C2(N)CCCCC2)c(OC)cc1CF. The fraction of sp³-hybridized carbons (Fsp3) is 0.600. The summed E-state index contributed by atoms with van der Waals surface area (Å²) in [5.41, 5.74) is 7.60. The normalized spacial score (nSPS) is 18.1. The van der Waals surface area contributed by atoms with Gasteiger partial charge in [-0.1, -0.05) is 19.3 Å². The van der Waals surface area contributed by atoms with E-state index in [1.165, 1.54) is 6.42 Å². The summed E-state index contributed by atoms with van der Waals surface area (Å²) in [6.45, 7) is -0.572. The zero-order chi connectivity index (χ0) is 13.9. The van der Waals surface area contributed by atoms with Crippen LogP contribution in [0, 0.1) is 0 Å². The van der Waals surface area contributed by atoms with Crippen molar-refractivity contribution in [3.8, 4) is 11.5 Å². The Morgan fingerprint density at radius 1 is 1.11 bits per heavy atom. The second-order valence-corrected chi connectivity index (χ2v) is 5.21. The van der Waals surface area contributed by atoms with E-state index in [2.05, 4.69) is 0 Å². The molecule has 19 heavy (non-hydrogen) atoms. The Balaban J connectivity index is 2.48. The predicted octanol–water partition coefficient (Wildman–Crippen LogP) is 3.29. The zero-order valence-electron chi connectivity index (χ0n) is 11.7. The monoisotopic (exact) mass is 267 g/mol. The van der Waals surface area contributed by atoms with Gasteiger partial charge in [-0.2, -0.15) is 0 Å². The Morgan fingerprint density at radius 2 is 1.74 bits per heavy atom. The van der Waals surface area contributed by atoms with E-state index < -0.39 is 6.67 Å². The van der Waals surface area contributed by atoms with Gasteiger partial charge in [-0.25, -0.2) is 4.39 Å². The van der Waals surface area contributed by atoms with Gasteiger partial charge in [0.2, 0.25) is 0 Å². The number of hydrogen-bond acceptors (Lipinski definition) is 3. The third-order valence-corrected chi connectivity index (χ3v) is 4.03. The van der Waals surface area contributed by atoms with Crippen molar-refractivity contribution in [1.82, 2.24) is 0 Å². The number of benzene rings is 1. The molecule has 0 aliphatic heterocycles. The van der Waals surface area contributed by atoms with Crippen LogP contribution in [-0.2, 0) is 12.2 Å². The molecule has 1 aliphatic rings. The minimum absolute atomic E-state index is 0.383. The van der Waals surface area contributed by atoms with Gasteiger partial charge in [0.15, 0.2) is 0 Å². The number of methoxy groups -OCH3 is 2. The van der Waals surface area contributed by atoms with E-state index in [4.69, 9.17) is 15.2 Å². The molecule has 1 aromatic rings. The summed E-state index contributed by atoms with van der Waals surface area (Å²) in [6, 6.07) is 3.55. The van der Waals surface area contributed by atoms with Gasteiger partial charge in [0.1, 0.15) is 18.2 Å². The molecule has 0 heterocycles. The van der Waals surface area contributed by atoms with Crippen molar-refractivity contribution in [2.24, 2.45) is 5.73 Å². The van der Waals surface area contributed by atoms with Crippen LogP contribution in [0.2, 0.25) is 0 Å². The van der Waals surface area contributed by atoms with Crippen molar-refractivity contribution in [1.29, 1.82) is 0 Å². The van der Waals surface area contributed by atoms with Gasteiger partial charge in [0.05, 0.1) is 14.2 Å². The number of rotatable bonds is 4. The highest BCUT2D eigenvalue weighted by Gasteiger charge is 2.33. The van der Waals surface area contributed by atoms with Crippen LogP contribution >= 0.6 is 0 Å². The Kier molecular flexibility index (Phi) is 4.30. The quantitative estimate of drug-likeness (QED) is 0.910. The van der Waals surface area contributed by atoms with Crippen LogP contribution in [0.25, 0.3) is 0 Å². The molecule has 4 heteroatoms. The molecule has 0 amide bonds. The molecule has 2 rings (SSSR count). The average Bonchev–Trinajstić information content (AvgIpc) is 2.46. The first-order valence-electron chi connectivity index (χ1n) is 6.75. The van der Waals surface area contributed by atoms with Crippen molar-refractivity contribution < 1.29 is 13.9 Å². The topological polar surface area (TPSA) is 44.5 Å². The Morgan fingerprint density at radius 3 is 2.26 bits per heavy atom. The van der Waals surface area contributed by atoms with Gasteiger partial charge < -0.3 is 15.2 Å². The lowest BCUT2D eigenvalue weighted by Crippen LogP contribution is -2.39. The summed E-state index contributed by atoms with van der Waals surface area (Å²) in [4.78, 5) is 0. The highest BCUT2D eigenvalue weighted by molar-refractivity contribution is 5.49. The summed E-state index contributed by atoms with van der Waals surface area (Å²) in [7, 11) is 3.15. The molecule has 3 nitrogen and oxygen atoms in total. The molecular weight excluding hydrogens is 245 g/mol. The highest BCUT2D eigenvalue weighted by atomic mass is 19.1. The van der Waals surface area contributed by atoms with Crippen molar-refractivity contribution in [2.45, 2.75) is 44.3 Å². The van der Waals surface area contributed by atoms with Crippen molar-refractivity contribution in [3.05, 3.63) is 23.3 Å². The van der Waals surface area contributed by atoms with Gasteiger partial charge in [-0.15, -0.1) is 0 Å². The van der Waals surface area contributed by atoms with E-state index in [0.717, 1.165) is 31.2 Å². The maximum Gasteiger partial charge on any atom is 0.125 e. The van der Waals surface area contributed by atoms with Gasteiger partial charge in [0.25, 0.3) is 0 Å². The number of nitrogens with two attached hydrogens (primary N) is 1. The first-order chi connectivity index (χ1) is 9.14. The second kappa shape index (κ2) is 5.78. The minimum atomic E-state index is -0.572. The second-order valence-electron chi connectivity index (χ2n) is 5.21. The molecule has 0 spiro atoms. The molecule has 0 radical (unpaired) electrons. The molecule has 0 aromatic heterocycles. The molecule has 0 saturated heterocycles. The lowest BCUT2D eigenvalue weighted by molar-refractivity contribution is 0.286. The zero-order valence-corrected chi connectivity index (χ0v) is 11.7. The fourth-order valence-electron chi connectivity index (χ4n) is 2.91. The van der Waals surface area contributed by atoms with Crippen LogP contribution in [0.4, 0.5) is 4.39 Å². The smallest absolute Gasteiger partial charge is 0.125 e. The summed E-state index contributed by atoms with van der Waals surface area (Å²) >= 11 is 0. The van der Waals surface area contributed by atoms with Crippen LogP contribution in [0.15, 0.2) is 12.1 Å². The van der Waals surface area contributed by atoms with E-state index in [1.807, 2.05) is 6.07 Å². The molecule has 106 valence electrons. The highest BCUT2D eigenvalue weighted by Crippen LogP contribution is 2.42. The predicted molar refractivity (Wildman–Crippen MR) is 73.3 cm³/mol. The lowest BCUT2D eigenvalue weighted by Gasteiger charge is -2.35. The van der Waals surface area contributed by atoms with Crippen LogP contribution < -0.4 is 15.2 Å². The molecule has 2 N–H and O–H groups in total. The number of halogens is 1. The molecule has 1 saturated carbocycles. The molecule has 1 aliphatic carbocycles. The van der Waals surface area contributed by atoms with Crippen molar-refractivity contribution in [2.75, 3.05) is 14.2 Å². The summed E-state index contributed by atoms with van der Waals surface area (Å²) in [5, 5.41) is 0. The number of ether oxygens (including phenoxy) is 2. The standard InChI is InChI=1S/C15H22FNO2/c1-18-13-9-12(14(19-2)8-11(13)10-16)15(17)6-4-3-5-7-15/h8-9H,3-7,10,17H2,1-2H3. The van der Waals surface area contributed by atoms with Crippen LogP contribution in [-0.4, -0.2) is 14.2 Å². The van der Waals surface area contributed by atoms with E-state index in [-0.39, 0.29) is 5.54 Å². The molecular formula is C15H22FNO2. The Labute approximate surface area is 113 Å². The summed E-state index contributed by atoms with van der Waals surface area (Å²) in [6.07, 6.45) is 5.32. The van der Waals surface area contributed by atoms with Crippen LogP contribution in [0.1, 0.15) is 43.2 Å². The fourth-order valence-corrected chi connectivity index (χ4v) is 2.91. The first-order valence-corrected chi connectivity index (χ1v) is 6.75. The average molecular weight is 267 g/mol. The van der Waals surface area contributed by atoms with Gasteiger partial charge >= 0.3 is 0 Å². The Bertz CT molecular complexity index is 442. The minimum Gasteiger partial charge on any atom is -0.496 e. The molecule has 0 bridgehead atoms. The van der Waals surface area contributed by atoms with E-state index in [0.29, 0.717) is 17.1 Å². The maximum absolute atomic E-state index is 13.0. The van der Waals surface area contributed by atoms with Crippen molar-refractivity contribution in [3.63, 3.8) is 0 Å². The third kappa shape index (κ3) is 2.68. The van der Waals surface area contributed by atoms with Gasteiger partial charge in [0, 0.05) is 16.7 Å². The molecule has 1 fully saturated rings. The largest absolute Gasteiger partial charge is 0.496 e. The molecule has 1 aromatic carbocycles. The maximum atomic E-state index is 13.0. The number of hydrogen-bond donors (Lipinski definition) is 1. The van der Waals surface area contributed by atoms with Gasteiger partial charge in [-0.3, -0.25) is 0 Å². The van der Waals surface area contributed by atoms with E-state index in [1.54, 1.807) is 20.3 Å². The summed E-state index contributed by atoms with van der Waals surface area (Å²) < 4.78 is 23.7. The molecule has 0 atom stereocenters. The van der Waals surface area contributed by atoms with E-state index >= 15 is 0 Å². The summed E-state index contributed by atoms with van der Waals surface area (Å²) in [5.74, 6) is 1.21. The third-order valence-electron chi connectivity index (χ3n) is 4.03. The first kappa shape index (κ1) is 14.1. The van der Waals surface area contributed by atoms with Crippen LogP contribution in [0.5, 0.6) is 11.5 Å². The van der Waals surface area contributed by atoms with Crippen LogP contribution in [0.3, 0.4) is 0 Å². The Hall–Kier alpha value is -1.29. The number of alkyl halides is 1.